The fourth-order valence-corrected chi connectivity index (χ4v) is 4.01. The molecule has 0 radical (unpaired) electrons. The van der Waals surface area contributed by atoms with E-state index in [9.17, 15) is 5.11 Å². The van der Waals surface area contributed by atoms with Crippen LogP contribution in [0.5, 0.6) is 0 Å². The third-order valence-corrected chi connectivity index (χ3v) is 5.52. The number of nitrogens with zero attached hydrogens (tertiary/aromatic N) is 3. The molecule has 5 nitrogen and oxygen atoms in total. The van der Waals surface area contributed by atoms with E-state index in [1.54, 1.807) is 12.4 Å². The van der Waals surface area contributed by atoms with Gasteiger partial charge in [-0.15, -0.1) is 11.3 Å². The Morgan fingerprint density at radius 3 is 2.77 bits per heavy atom. The van der Waals surface area contributed by atoms with Crippen molar-refractivity contribution in [1.29, 1.82) is 5.41 Å². The van der Waals surface area contributed by atoms with E-state index in [4.69, 9.17) is 5.41 Å². The number of amidine groups is 1. The minimum absolute atomic E-state index is 0.190. The molecule has 1 aliphatic rings. The highest BCUT2D eigenvalue weighted by Crippen LogP contribution is 2.33. The number of halogens is 1. The molecule has 0 fully saturated rings. The van der Waals surface area contributed by atoms with Gasteiger partial charge in [0.2, 0.25) is 0 Å². The summed E-state index contributed by atoms with van der Waals surface area (Å²) in [4.78, 5) is 10.6. The summed E-state index contributed by atoms with van der Waals surface area (Å²) in [6.07, 6.45) is 3.50. The van der Waals surface area contributed by atoms with Crippen LogP contribution in [0.2, 0.25) is 0 Å². The van der Waals surface area contributed by atoms with Crippen molar-refractivity contribution in [1.82, 2.24) is 14.9 Å². The molecular weight excluding hydrogens is 412 g/mol. The summed E-state index contributed by atoms with van der Waals surface area (Å²) in [5.41, 5.74) is 3.37. The lowest BCUT2D eigenvalue weighted by atomic mass is 10.2. The van der Waals surface area contributed by atoms with Crippen LogP contribution in [0, 0.1) is 5.41 Å². The highest BCUT2D eigenvalue weighted by atomic mass is 79.9. The van der Waals surface area contributed by atoms with Crippen molar-refractivity contribution in [2.24, 2.45) is 0 Å². The van der Waals surface area contributed by atoms with Crippen LogP contribution in [0.1, 0.15) is 10.6 Å². The quantitative estimate of drug-likeness (QED) is 0.632. The van der Waals surface area contributed by atoms with Crippen LogP contribution in [-0.4, -0.2) is 32.4 Å². The van der Waals surface area contributed by atoms with E-state index in [1.165, 1.54) is 11.3 Å². The van der Waals surface area contributed by atoms with Gasteiger partial charge in [-0.05, 0) is 23.8 Å². The van der Waals surface area contributed by atoms with Gasteiger partial charge in [-0.2, -0.15) is 0 Å². The van der Waals surface area contributed by atoms with Crippen LogP contribution in [0.4, 0.5) is 0 Å². The Morgan fingerprint density at radius 1 is 1.23 bits per heavy atom. The molecule has 7 heteroatoms. The van der Waals surface area contributed by atoms with Gasteiger partial charge in [0, 0.05) is 34.4 Å². The second-order valence-electron chi connectivity index (χ2n) is 5.93. The van der Waals surface area contributed by atoms with Crippen molar-refractivity contribution in [2.45, 2.75) is 6.54 Å². The molecule has 1 aliphatic heterocycles. The highest BCUT2D eigenvalue weighted by molar-refractivity contribution is 9.10. The molecular formula is C19H15BrN4OS. The zero-order valence-corrected chi connectivity index (χ0v) is 16.1. The number of aromatic nitrogens is 2. The maximum Gasteiger partial charge on any atom is 0.135 e. The van der Waals surface area contributed by atoms with Crippen LogP contribution in [-0.2, 0) is 6.54 Å². The third-order valence-electron chi connectivity index (χ3n) is 4.14. The van der Waals surface area contributed by atoms with E-state index in [1.807, 2.05) is 46.7 Å². The maximum atomic E-state index is 10.4. The first-order valence-corrected chi connectivity index (χ1v) is 9.66. The molecule has 26 heavy (non-hydrogen) atoms. The topological polar surface area (TPSA) is 73.1 Å². The fourth-order valence-electron chi connectivity index (χ4n) is 2.85. The largest absolute Gasteiger partial charge is 0.510 e. The second kappa shape index (κ2) is 7.01. The minimum atomic E-state index is 0.190. The van der Waals surface area contributed by atoms with Crippen LogP contribution in [0.25, 0.3) is 16.8 Å². The molecule has 2 aromatic heterocycles. The molecule has 0 spiro atoms. The molecule has 0 unspecified atom stereocenters. The predicted molar refractivity (Wildman–Crippen MR) is 107 cm³/mol. The van der Waals surface area contributed by atoms with Gasteiger partial charge in [0.1, 0.15) is 16.6 Å². The molecule has 0 bridgehead atoms. The van der Waals surface area contributed by atoms with E-state index < -0.39 is 0 Å². The molecule has 1 aromatic carbocycles. The summed E-state index contributed by atoms with van der Waals surface area (Å²) in [5.74, 6) is 0.485. The monoisotopic (exact) mass is 426 g/mol. The number of hydrogen-bond donors (Lipinski definition) is 2. The molecule has 0 saturated heterocycles. The first-order valence-electron chi connectivity index (χ1n) is 7.98. The molecule has 3 aromatic rings. The van der Waals surface area contributed by atoms with E-state index in [-0.39, 0.29) is 5.76 Å². The van der Waals surface area contributed by atoms with Gasteiger partial charge in [0.15, 0.2) is 0 Å². The molecule has 4 rings (SSSR count). The second-order valence-corrected chi connectivity index (χ2v) is 7.71. The zero-order valence-electron chi connectivity index (χ0n) is 13.7. The summed E-state index contributed by atoms with van der Waals surface area (Å²) in [5, 5.41) is 21.5. The molecule has 0 amide bonds. The Balaban J connectivity index is 1.57. The SMILES string of the molecule is N=C1C(c2nc(-c3ccc(Br)cc3)cs2)=C(O)CN1Cc1cccnc1. The zero-order chi connectivity index (χ0) is 18.1. The molecule has 2 N–H and O–H groups in total. The predicted octanol–water partition coefficient (Wildman–Crippen LogP) is 4.73. The van der Waals surface area contributed by atoms with E-state index in [0.717, 1.165) is 21.3 Å². The highest BCUT2D eigenvalue weighted by Gasteiger charge is 2.30. The minimum Gasteiger partial charge on any atom is -0.510 e. The van der Waals surface area contributed by atoms with Gasteiger partial charge in [0.25, 0.3) is 0 Å². The Labute approximate surface area is 163 Å². The fraction of sp³-hybridized carbons (Fsp3) is 0.105. The Morgan fingerprint density at radius 2 is 2.04 bits per heavy atom. The molecule has 0 saturated carbocycles. The van der Waals surface area contributed by atoms with Crippen LogP contribution >= 0.6 is 27.3 Å². The normalized spacial score (nSPS) is 14.3. The number of aliphatic hydroxyl groups is 1. The average molecular weight is 427 g/mol. The maximum absolute atomic E-state index is 10.4. The lowest BCUT2D eigenvalue weighted by Gasteiger charge is -2.18. The first kappa shape index (κ1) is 16.9. The number of hydrogen-bond acceptors (Lipinski definition) is 5. The molecule has 0 aliphatic carbocycles. The molecule has 130 valence electrons. The van der Waals surface area contributed by atoms with Gasteiger partial charge in [-0.25, -0.2) is 4.98 Å². The lowest BCUT2D eigenvalue weighted by molar-refractivity contribution is 0.347. The number of aliphatic hydroxyl groups excluding tert-OH is 1. The van der Waals surface area contributed by atoms with Gasteiger partial charge in [-0.1, -0.05) is 34.1 Å². The van der Waals surface area contributed by atoms with Gasteiger partial charge < -0.3 is 10.0 Å². The van der Waals surface area contributed by atoms with E-state index >= 15 is 0 Å². The summed E-state index contributed by atoms with van der Waals surface area (Å²) < 4.78 is 1.01. The molecule has 0 atom stereocenters. The van der Waals surface area contributed by atoms with E-state index in [2.05, 4.69) is 25.9 Å². The smallest absolute Gasteiger partial charge is 0.135 e. The van der Waals surface area contributed by atoms with Gasteiger partial charge in [-0.3, -0.25) is 10.4 Å². The number of nitrogens with one attached hydrogen (secondary N) is 1. The van der Waals surface area contributed by atoms with Crippen molar-refractivity contribution in [2.75, 3.05) is 6.54 Å². The average Bonchev–Trinajstić information content (AvgIpc) is 3.22. The van der Waals surface area contributed by atoms with Crippen molar-refractivity contribution in [3.63, 3.8) is 0 Å². The third kappa shape index (κ3) is 3.27. The van der Waals surface area contributed by atoms with Crippen molar-refractivity contribution in [3.05, 3.63) is 75.0 Å². The summed E-state index contributed by atoms with van der Waals surface area (Å²) in [6, 6.07) is 11.8. The standard InChI is InChI=1S/C19H15BrN4OS/c20-14-5-3-13(4-6-14)15-11-26-19(23-15)17-16(25)10-24(18(17)21)9-12-2-1-7-22-8-12/h1-8,11,21,25H,9-10H2. The van der Waals surface area contributed by atoms with Crippen LogP contribution in [0.3, 0.4) is 0 Å². The van der Waals surface area contributed by atoms with Gasteiger partial charge >= 0.3 is 0 Å². The first-order chi connectivity index (χ1) is 12.6. The lowest BCUT2D eigenvalue weighted by Crippen LogP contribution is -2.26. The number of benzene rings is 1. The van der Waals surface area contributed by atoms with Crippen molar-refractivity contribution in [3.8, 4) is 11.3 Å². The number of pyridine rings is 1. The summed E-state index contributed by atoms with van der Waals surface area (Å²) in [6.45, 7) is 0.849. The number of thiazole rings is 1. The molecule has 3 heterocycles. The summed E-state index contributed by atoms with van der Waals surface area (Å²) >= 11 is 4.87. The Hall–Kier alpha value is -2.51. The number of rotatable bonds is 4. The van der Waals surface area contributed by atoms with Crippen LogP contribution in [0.15, 0.2) is 64.4 Å². The Kier molecular flexibility index (Phi) is 4.57. The Bertz CT molecular complexity index is 982. The summed E-state index contributed by atoms with van der Waals surface area (Å²) in [7, 11) is 0. The van der Waals surface area contributed by atoms with Gasteiger partial charge in [0.05, 0.1) is 17.8 Å². The van der Waals surface area contributed by atoms with E-state index in [0.29, 0.717) is 29.5 Å². The van der Waals surface area contributed by atoms with Crippen LogP contribution < -0.4 is 0 Å². The van der Waals surface area contributed by atoms with Crippen molar-refractivity contribution < 1.29 is 5.11 Å². The van der Waals surface area contributed by atoms with Crippen molar-refractivity contribution >= 4 is 38.7 Å².